The number of amides is 2. The third-order valence-electron chi connectivity index (χ3n) is 5.97. The van der Waals surface area contributed by atoms with Gasteiger partial charge in [-0.3, -0.25) is 14.5 Å². The van der Waals surface area contributed by atoms with Gasteiger partial charge in [-0.05, 0) is 55.2 Å². The van der Waals surface area contributed by atoms with E-state index in [9.17, 15) is 9.59 Å². The first-order valence-electron chi connectivity index (χ1n) is 10.7. The Morgan fingerprint density at radius 2 is 1.83 bits per heavy atom. The van der Waals surface area contributed by atoms with Crippen LogP contribution in [-0.2, 0) is 22.6 Å². The van der Waals surface area contributed by atoms with Crippen molar-refractivity contribution >= 4 is 17.5 Å². The normalized spacial score (nSPS) is 17.5. The second-order valence-corrected chi connectivity index (χ2v) is 8.07. The molecule has 6 nitrogen and oxygen atoms in total. The molecule has 0 bridgehead atoms. The van der Waals surface area contributed by atoms with E-state index in [4.69, 9.17) is 4.74 Å². The van der Waals surface area contributed by atoms with Gasteiger partial charge in [0.2, 0.25) is 5.91 Å². The highest BCUT2D eigenvalue weighted by Gasteiger charge is 2.22. The van der Waals surface area contributed by atoms with Crippen molar-refractivity contribution in [2.75, 3.05) is 31.1 Å². The van der Waals surface area contributed by atoms with Gasteiger partial charge in [0.1, 0.15) is 5.75 Å². The van der Waals surface area contributed by atoms with Gasteiger partial charge >= 0.3 is 0 Å². The Bertz CT molecular complexity index is 897. The molecule has 4 rings (SSSR count). The predicted octanol–water partition coefficient (Wildman–Crippen LogP) is 2.76. The van der Waals surface area contributed by atoms with Crippen LogP contribution in [0.2, 0.25) is 0 Å². The fourth-order valence-corrected chi connectivity index (χ4v) is 4.13. The smallest absolute Gasteiger partial charge is 0.257 e. The van der Waals surface area contributed by atoms with Crippen molar-refractivity contribution in [3.63, 3.8) is 0 Å². The SMILES string of the molecule is CC(CNC(=O)COc1ccc(N2CCCC2=O)cc1)N1CCc2ccccc2C1. The summed E-state index contributed by atoms with van der Waals surface area (Å²) in [7, 11) is 0. The minimum atomic E-state index is -0.127. The Kier molecular flexibility index (Phi) is 6.33. The number of hydrogen-bond acceptors (Lipinski definition) is 4. The number of rotatable bonds is 7. The quantitative estimate of drug-likeness (QED) is 0.767. The minimum Gasteiger partial charge on any atom is -0.484 e. The van der Waals surface area contributed by atoms with E-state index >= 15 is 0 Å². The number of carbonyl (C=O) groups excluding carboxylic acids is 2. The molecule has 1 unspecified atom stereocenters. The lowest BCUT2D eigenvalue weighted by Crippen LogP contribution is -2.45. The monoisotopic (exact) mass is 407 g/mol. The molecule has 0 saturated carbocycles. The number of fused-ring (bicyclic) bond motifs is 1. The maximum Gasteiger partial charge on any atom is 0.257 e. The standard InChI is InChI=1S/C24H29N3O3/c1-18(26-14-12-19-5-2-3-6-20(19)16-26)15-25-23(28)17-30-22-10-8-21(9-11-22)27-13-4-7-24(27)29/h2-3,5-6,8-11,18H,4,7,12-17H2,1H3,(H,25,28). The molecule has 1 fully saturated rings. The lowest BCUT2D eigenvalue weighted by molar-refractivity contribution is -0.123. The number of benzene rings is 2. The Morgan fingerprint density at radius 3 is 2.57 bits per heavy atom. The average Bonchev–Trinajstić information content (AvgIpc) is 3.21. The van der Waals surface area contributed by atoms with Crippen LogP contribution in [0.4, 0.5) is 5.69 Å². The number of carbonyl (C=O) groups is 2. The van der Waals surface area contributed by atoms with E-state index in [0.717, 1.165) is 38.2 Å². The second kappa shape index (κ2) is 9.30. The van der Waals surface area contributed by atoms with Crippen molar-refractivity contribution in [1.82, 2.24) is 10.2 Å². The third-order valence-corrected chi connectivity index (χ3v) is 5.97. The van der Waals surface area contributed by atoms with E-state index in [2.05, 4.69) is 41.4 Å². The van der Waals surface area contributed by atoms with Gasteiger partial charge in [0.15, 0.2) is 6.61 Å². The Morgan fingerprint density at radius 1 is 1.07 bits per heavy atom. The van der Waals surface area contributed by atoms with Crippen molar-refractivity contribution in [1.29, 1.82) is 0 Å². The zero-order valence-electron chi connectivity index (χ0n) is 17.5. The highest BCUT2D eigenvalue weighted by Crippen LogP contribution is 2.24. The van der Waals surface area contributed by atoms with Crippen LogP contribution in [0.15, 0.2) is 48.5 Å². The number of anilines is 1. The number of nitrogens with one attached hydrogen (secondary N) is 1. The van der Waals surface area contributed by atoms with Gasteiger partial charge in [0.25, 0.3) is 5.91 Å². The van der Waals surface area contributed by atoms with Crippen LogP contribution < -0.4 is 15.0 Å². The summed E-state index contributed by atoms with van der Waals surface area (Å²) >= 11 is 0. The molecule has 2 amide bonds. The highest BCUT2D eigenvalue weighted by atomic mass is 16.5. The van der Waals surface area contributed by atoms with Crippen molar-refractivity contribution in [2.45, 2.75) is 38.8 Å². The van der Waals surface area contributed by atoms with Crippen LogP contribution in [-0.4, -0.2) is 49.0 Å². The van der Waals surface area contributed by atoms with Gasteiger partial charge in [-0.25, -0.2) is 0 Å². The predicted molar refractivity (Wildman–Crippen MR) is 117 cm³/mol. The van der Waals surface area contributed by atoms with Crippen molar-refractivity contribution in [3.8, 4) is 5.75 Å². The zero-order valence-corrected chi connectivity index (χ0v) is 17.5. The average molecular weight is 408 g/mol. The fraction of sp³-hybridized carbons (Fsp3) is 0.417. The van der Waals surface area contributed by atoms with Crippen LogP contribution >= 0.6 is 0 Å². The first-order chi connectivity index (χ1) is 14.6. The molecule has 2 aliphatic heterocycles. The zero-order chi connectivity index (χ0) is 20.9. The first-order valence-corrected chi connectivity index (χ1v) is 10.7. The molecule has 2 aliphatic rings. The second-order valence-electron chi connectivity index (χ2n) is 8.07. The summed E-state index contributed by atoms with van der Waals surface area (Å²) in [4.78, 5) is 28.2. The molecule has 2 aromatic rings. The van der Waals surface area contributed by atoms with Crippen LogP contribution in [0.25, 0.3) is 0 Å². The summed E-state index contributed by atoms with van der Waals surface area (Å²) < 4.78 is 5.61. The summed E-state index contributed by atoms with van der Waals surface area (Å²) in [5.41, 5.74) is 3.69. The maximum absolute atomic E-state index is 12.2. The van der Waals surface area contributed by atoms with Crippen LogP contribution in [0, 0.1) is 0 Å². The van der Waals surface area contributed by atoms with Gasteiger partial charge in [0.05, 0.1) is 0 Å². The summed E-state index contributed by atoms with van der Waals surface area (Å²) in [6.07, 6.45) is 2.57. The molecule has 1 N–H and O–H groups in total. The molecule has 0 aromatic heterocycles. The van der Waals surface area contributed by atoms with Gasteiger partial charge in [0, 0.05) is 44.3 Å². The molecule has 158 valence electrons. The molecular weight excluding hydrogens is 378 g/mol. The van der Waals surface area contributed by atoms with Crippen molar-refractivity contribution in [3.05, 3.63) is 59.7 Å². The lowest BCUT2D eigenvalue weighted by Gasteiger charge is -2.33. The van der Waals surface area contributed by atoms with Crippen LogP contribution in [0.5, 0.6) is 5.75 Å². The van der Waals surface area contributed by atoms with Gasteiger partial charge < -0.3 is 15.0 Å². The first kappa shape index (κ1) is 20.4. The summed E-state index contributed by atoms with van der Waals surface area (Å²) in [6, 6.07) is 16.2. The molecule has 0 aliphatic carbocycles. The third kappa shape index (κ3) is 4.82. The Hall–Kier alpha value is -2.86. The minimum absolute atomic E-state index is 0.0163. The molecule has 1 saturated heterocycles. The summed E-state index contributed by atoms with van der Waals surface area (Å²) in [5, 5.41) is 2.98. The van der Waals surface area contributed by atoms with Crippen molar-refractivity contribution in [2.24, 2.45) is 0 Å². The molecule has 1 atom stereocenters. The largest absolute Gasteiger partial charge is 0.484 e. The maximum atomic E-state index is 12.2. The Labute approximate surface area is 177 Å². The van der Waals surface area contributed by atoms with Gasteiger partial charge in [-0.2, -0.15) is 0 Å². The molecule has 6 heteroatoms. The number of hydrogen-bond donors (Lipinski definition) is 1. The topological polar surface area (TPSA) is 61.9 Å². The van der Waals surface area contributed by atoms with E-state index in [1.807, 2.05) is 24.3 Å². The lowest BCUT2D eigenvalue weighted by atomic mass is 9.99. The molecule has 2 heterocycles. The van der Waals surface area contributed by atoms with Crippen LogP contribution in [0.3, 0.4) is 0 Å². The summed E-state index contributed by atoms with van der Waals surface area (Å²) in [6.45, 7) is 5.43. The van der Waals surface area contributed by atoms with Crippen LogP contribution in [0.1, 0.15) is 30.9 Å². The van der Waals surface area contributed by atoms with Gasteiger partial charge in [-0.15, -0.1) is 0 Å². The molecular formula is C24H29N3O3. The molecule has 0 radical (unpaired) electrons. The number of ether oxygens (including phenoxy) is 1. The van der Waals surface area contributed by atoms with E-state index in [1.54, 1.807) is 4.90 Å². The van der Waals surface area contributed by atoms with E-state index in [1.165, 1.54) is 11.1 Å². The molecule has 30 heavy (non-hydrogen) atoms. The summed E-state index contributed by atoms with van der Waals surface area (Å²) in [5.74, 6) is 0.661. The Balaban J connectivity index is 1.20. The molecule has 2 aromatic carbocycles. The van der Waals surface area contributed by atoms with E-state index < -0.39 is 0 Å². The van der Waals surface area contributed by atoms with Crippen molar-refractivity contribution < 1.29 is 14.3 Å². The number of nitrogens with zero attached hydrogens (tertiary/aromatic N) is 2. The van der Waals surface area contributed by atoms with Gasteiger partial charge in [-0.1, -0.05) is 24.3 Å². The fourth-order valence-electron chi connectivity index (χ4n) is 4.13. The van der Waals surface area contributed by atoms with E-state index in [0.29, 0.717) is 18.7 Å². The van der Waals surface area contributed by atoms with E-state index in [-0.39, 0.29) is 24.5 Å². The molecule has 0 spiro atoms. The highest BCUT2D eigenvalue weighted by molar-refractivity contribution is 5.95.